The minimum atomic E-state index is 0.121. The van der Waals surface area contributed by atoms with E-state index in [1.165, 1.54) is 0 Å². The summed E-state index contributed by atoms with van der Waals surface area (Å²) in [7, 11) is 3.36. The maximum absolute atomic E-state index is 5.82. The highest BCUT2D eigenvalue weighted by atomic mass is 16.5. The average Bonchev–Trinajstić information content (AvgIpc) is 2.37. The molecule has 0 saturated carbocycles. The first-order valence-electron chi connectivity index (χ1n) is 5.62. The summed E-state index contributed by atoms with van der Waals surface area (Å²) in [6.07, 6.45) is 0. The smallest absolute Gasteiger partial charge is 0.244 e. The number of rotatable bonds is 8. The highest BCUT2D eigenvalue weighted by Crippen LogP contribution is 2.25. The average molecular weight is 256 g/mol. The molecule has 1 aromatic heterocycles. The van der Waals surface area contributed by atoms with Crippen LogP contribution in [0.1, 0.15) is 0 Å². The quantitative estimate of drug-likeness (QED) is 0.450. The molecule has 0 saturated heterocycles. The Bertz CT molecular complexity index is 374. The van der Waals surface area contributed by atoms with Crippen molar-refractivity contribution in [2.75, 3.05) is 57.2 Å². The van der Waals surface area contributed by atoms with Gasteiger partial charge in [0.15, 0.2) is 5.82 Å². The van der Waals surface area contributed by atoms with Crippen LogP contribution in [0.25, 0.3) is 0 Å². The third-order valence-corrected chi connectivity index (χ3v) is 2.17. The number of methoxy groups -OCH3 is 1. The van der Waals surface area contributed by atoms with Crippen molar-refractivity contribution in [1.82, 2.24) is 15.3 Å². The van der Waals surface area contributed by atoms with Crippen LogP contribution in [-0.4, -0.2) is 50.4 Å². The second kappa shape index (κ2) is 7.51. The lowest BCUT2D eigenvalue weighted by Gasteiger charge is -2.11. The predicted octanol–water partition coefficient (Wildman–Crippen LogP) is -0.702. The molecule has 1 heterocycles. The minimum Gasteiger partial charge on any atom is -0.475 e. The molecule has 0 spiro atoms. The van der Waals surface area contributed by atoms with Gasteiger partial charge in [-0.2, -0.15) is 9.97 Å². The maximum atomic E-state index is 5.82. The summed E-state index contributed by atoms with van der Waals surface area (Å²) in [5, 5.41) is 5.96. The first-order chi connectivity index (χ1) is 8.69. The van der Waals surface area contributed by atoms with Crippen molar-refractivity contribution >= 4 is 17.5 Å². The van der Waals surface area contributed by atoms with Crippen LogP contribution in [-0.2, 0) is 4.74 Å². The fourth-order valence-electron chi connectivity index (χ4n) is 1.29. The summed E-state index contributed by atoms with van der Waals surface area (Å²) in [6.45, 7) is 2.53. The zero-order valence-electron chi connectivity index (χ0n) is 10.7. The molecule has 0 unspecified atom stereocenters. The van der Waals surface area contributed by atoms with Crippen molar-refractivity contribution in [2.45, 2.75) is 0 Å². The fourth-order valence-corrected chi connectivity index (χ4v) is 1.29. The van der Waals surface area contributed by atoms with Gasteiger partial charge in [-0.15, -0.1) is 0 Å². The number of aromatic nitrogens is 2. The Balaban J connectivity index is 2.44. The van der Waals surface area contributed by atoms with Gasteiger partial charge in [0.05, 0.1) is 6.61 Å². The Morgan fingerprint density at radius 1 is 1.17 bits per heavy atom. The highest BCUT2D eigenvalue weighted by Gasteiger charge is 2.10. The first-order valence-corrected chi connectivity index (χ1v) is 5.62. The van der Waals surface area contributed by atoms with Gasteiger partial charge in [0.2, 0.25) is 11.8 Å². The van der Waals surface area contributed by atoms with Gasteiger partial charge in [-0.25, -0.2) is 0 Å². The zero-order chi connectivity index (χ0) is 13.4. The molecule has 8 heteroatoms. The van der Waals surface area contributed by atoms with Crippen molar-refractivity contribution in [3.8, 4) is 5.88 Å². The van der Waals surface area contributed by atoms with E-state index in [0.29, 0.717) is 37.1 Å². The summed E-state index contributed by atoms with van der Waals surface area (Å²) < 4.78 is 10.3. The number of hydrogen-bond acceptors (Lipinski definition) is 8. The lowest BCUT2D eigenvalue weighted by Crippen LogP contribution is -2.25. The molecule has 0 aromatic carbocycles. The van der Waals surface area contributed by atoms with Crippen LogP contribution < -0.4 is 26.8 Å². The monoisotopic (exact) mass is 256 g/mol. The molecule has 0 aliphatic rings. The van der Waals surface area contributed by atoms with E-state index in [1.54, 1.807) is 14.2 Å². The SMILES string of the molecule is CNc1nc(N)nc(OCCNCCOC)c1N. The van der Waals surface area contributed by atoms with E-state index >= 15 is 0 Å². The number of nitrogens with one attached hydrogen (secondary N) is 2. The van der Waals surface area contributed by atoms with E-state index < -0.39 is 0 Å². The largest absolute Gasteiger partial charge is 0.475 e. The molecular formula is C10H20N6O2. The van der Waals surface area contributed by atoms with E-state index in [4.69, 9.17) is 20.9 Å². The van der Waals surface area contributed by atoms with E-state index in [2.05, 4.69) is 20.6 Å². The summed E-state index contributed by atoms with van der Waals surface area (Å²) in [5.41, 5.74) is 11.7. The molecule has 0 radical (unpaired) electrons. The standard InChI is InChI=1S/C10H20N6O2/c1-13-8-7(11)9(16-10(12)15-8)18-6-4-14-3-5-17-2/h14H,3-6,11H2,1-2H3,(H3,12,13,15,16). The van der Waals surface area contributed by atoms with Crippen LogP contribution in [0.2, 0.25) is 0 Å². The Hall–Kier alpha value is -1.80. The van der Waals surface area contributed by atoms with Gasteiger partial charge in [-0.05, 0) is 0 Å². The van der Waals surface area contributed by atoms with Gasteiger partial charge in [0.1, 0.15) is 12.3 Å². The number of nitrogen functional groups attached to an aromatic ring is 2. The van der Waals surface area contributed by atoms with Crippen molar-refractivity contribution in [3.05, 3.63) is 0 Å². The predicted molar refractivity (Wildman–Crippen MR) is 70.6 cm³/mol. The van der Waals surface area contributed by atoms with E-state index in [1.807, 2.05) is 0 Å². The second-order valence-electron chi connectivity index (χ2n) is 3.49. The normalized spacial score (nSPS) is 10.3. The second-order valence-corrected chi connectivity index (χ2v) is 3.49. The molecule has 0 aliphatic heterocycles. The number of hydrogen-bond donors (Lipinski definition) is 4. The minimum absolute atomic E-state index is 0.121. The third kappa shape index (κ3) is 4.22. The van der Waals surface area contributed by atoms with Crippen molar-refractivity contribution in [1.29, 1.82) is 0 Å². The molecule has 6 N–H and O–H groups in total. The van der Waals surface area contributed by atoms with Gasteiger partial charge >= 0.3 is 0 Å². The number of nitrogens with two attached hydrogens (primary N) is 2. The lowest BCUT2D eigenvalue weighted by molar-refractivity contribution is 0.196. The summed E-state index contributed by atoms with van der Waals surface area (Å²) >= 11 is 0. The van der Waals surface area contributed by atoms with E-state index in [9.17, 15) is 0 Å². The van der Waals surface area contributed by atoms with Crippen LogP contribution in [0.4, 0.5) is 17.5 Å². The third-order valence-electron chi connectivity index (χ3n) is 2.17. The van der Waals surface area contributed by atoms with Crippen molar-refractivity contribution in [3.63, 3.8) is 0 Å². The first kappa shape index (κ1) is 14.3. The van der Waals surface area contributed by atoms with Crippen LogP contribution in [0, 0.1) is 0 Å². The number of anilines is 3. The highest BCUT2D eigenvalue weighted by molar-refractivity contribution is 5.68. The Morgan fingerprint density at radius 2 is 1.89 bits per heavy atom. The maximum Gasteiger partial charge on any atom is 0.244 e. The van der Waals surface area contributed by atoms with Gasteiger partial charge in [-0.1, -0.05) is 0 Å². The topological polar surface area (TPSA) is 120 Å². The van der Waals surface area contributed by atoms with E-state index in [-0.39, 0.29) is 5.95 Å². The molecule has 0 atom stereocenters. The van der Waals surface area contributed by atoms with Gasteiger partial charge in [-0.3, -0.25) is 0 Å². The zero-order valence-corrected chi connectivity index (χ0v) is 10.7. The van der Waals surface area contributed by atoms with Gasteiger partial charge in [0.25, 0.3) is 0 Å². The molecule has 1 aromatic rings. The van der Waals surface area contributed by atoms with Crippen LogP contribution >= 0.6 is 0 Å². The Kier molecular flexibility index (Phi) is 5.95. The van der Waals surface area contributed by atoms with Gasteiger partial charge < -0.3 is 31.6 Å². The molecule has 1 rings (SSSR count). The Morgan fingerprint density at radius 3 is 2.56 bits per heavy atom. The van der Waals surface area contributed by atoms with Crippen LogP contribution in [0.5, 0.6) is 5.88 Å². The lowest BCUT2D eigenvalue weighted by atomic mass is 10.4. The molecule has 102 valence electrons. The molecule has 8 nitrogen and oxygen atoms in total. The molecular weight excluding hydrogens is 236 g/mol. The summed E-state index contributed by atoms with van der Waals surface area (Å²) in [5.74, 6) is 0.876. The molecule has 0 amide bonds. The van der Waals surface area contributed by atoms with Crippen LogP contribution in [0.15, 0.2) is 0 Å². The molecule has 0 bridgehead atoms. The Labute approximate surface area is 106 Å². The molecule has 0 aliphatic carbocycles. The summed E-state index contributed by atoms with van der Waals surface area (Å²) in [4.78, 5) is 7.88. The van der Waals surface area contributed by atoms with Gasteiger partial charge in [0, 0.05) is 27.2 Å². The fraction of sp³-hybridized carbons (Fsp3) is 0.600. The summed E-state index contributed by atoms with van der Waals surface area (Å²) in [6, 6.07) is 0. The van der Waals surface area contributed by atoms with E-state index in [0.717, 1.165) is 6.54 Å². The number of ether oxygens (including phenoxy) is 2. The van der Waals surface area contributed by atoms with Crippen LogP contribution in [0.3, 0.4) is 0 Å². The molecule has 18 heavy (non-hydrogen) atoms. The van der Waals surface area contributed by atoms with Crippen molar-refractivity contribution in [2.24, 2.45) is 0 Å². The molecule has 0 fully saturated rings. The number of nitrogens with zero attached hydrogens (tertiary/aromatic N) is 2. The van der Waals surface area contributed by atoms with Crippen molar-refractivity contribution < 1.29 is 9.47 Å².